The van der Waals surface area contributed by atoms with Gasteiger partial charge in [0.25, 0.3) is 0 Å². The molecule has 0 aliphatic heterocycles. The number of rotatable bonds is 4. The van der Waals surface area contributed by atoms with E-state index in [1.54, 1.807) is 25.2 Å². The molecule has 3 heterocycles. The van der Waals surface area contributed by atoms with E-state index in [-0.39, 0.29) is 34.8 Å². The van der Waals surface area contributed by atoms with Crippen molar-refractivity contribution in [2.75, 3.05) is 0 Å². The molecule has 0 fully saturated rings. The summed E-state index contributed by atoms with van der Waals surface area (Å²) in [5.74, 6) is -0.299. The molecule has 10 heteroatoms. The van der Waals surface area contributed by atoms with Crippen molar-refractivity contribution in [2.24, 2.45) is 7.05 Å². The first-order valence-electron chi connectivity index (χ1n) is 8.70. The molecule has 0 N–H and O–H groups in total. The molecule has 0 saturated heterocycles. The Morgan fingerprint density at radius 3 is 2.60 bits per heavy atom. The number of fused-ring (bicyclic) bond motifs is 1. The second-order valence-electron chi connectivity index (χ2n) is 6.40. The van der Waals surface area contributed by atoms with Crippen LogP contribution in [-0.4, -0.2) is 25.0 Å². The average Bonchev–Trinajstić information content (AvgIpc) is 3.12. The standard InChI is InChI=1S/C20H13F3N6O/c1-29-17-9-15(26-16(10-24)19(17)27-28-29)13-2-3-18(14(8-13)20(21,22)23)30-11-12-4-6-25-7-5-12/h2-9H,11H2,1H3. The van der Waals surface area contributed by atoms with E-state index >= 15 is 0 Å². The van der Waals surface area contributed by atoms with E-state index in [9.17, 15) is 18.4 Å². The van der Waals surface area contributed by atoms with Gasteiger partial charge >= 0.3 is 6.18 Å². The number of benzene rings is 1. The second-order valence-corrected chi connectivity index (χ2v) is 6.40. The molecule has 0 saturated carbocycles. The van der Waals surface area contributed by atoms with Crippen LogP contribution in [0.3, 0.4) is 0 Å². The van der Waals surface area contributed by atoms with Crippen molar-refractivity contribution in [3.63, 3.8) is 0 Å². The first kappa shape index (κ1) is 19.3. The van der Waals surface area contributed by atoms with Crippen molar-refractivity contribution in [3.8, 4) is 23.1 Å². The molecule has 0 aliphatic rings. The number of pyridine rings is 2. The topological polar surface area (TPSA) is 89.5 Å². The fourth-order valence-corrected chi connectivity index (χ4v) is 2.93. The molecule has 7 nitrogen and oxygen atoms in total. The Bertz CT molecular complexity index is 1260. The van der Waals surface area contributed by atoms with Crippen molar-refractivity contribution in [1.29, 1.82) is 5.26 Å². The van der Waals surface area contributed by atoms with Crippen molar-refractivity contribution < 1.29 is 17.9 Å². The van der Waals surface area contributed by atoms with E-state index in [0.29, 0.717) is 11.1 Å². The van der Waals surface area contributed by atoms with Gasteiger partial charge in [-0.25, -0.2) is 9.67 Å². The van der Waals surface area contributed by atoms with E-state index in [1.807, 2.05) is 6.07 Å². The Morgan fingerprint density at radius 2 is 1.90 bits per heavy atom. The summed E-state index contributed by atoms with van der Waals surface area (Å²) in [7, 11) is 1.62. The second kappa shape index (κ2) is 7.44. The molecule has 0 atom stereocenters. The summed E-state index contributed by atoms with van der Waals surface area (Å²) in [4.78, 5) is 8.02. The first-order valence-corrected chi connectivity index (χ1v) is 8.70. The Balaban J connectivity index is 1.76. The molecule has 0 unspecified atom stereocenters. The van der Waals surface area contributed by atoms with Gasteiger partial charge in [0.05, 0.1) is 16.8 Å². The normalized spacial score (nSPS) is 11.4. The Kier molecular flexibility index (Phi) is 4.79. The Morgan fingerprint density at radius 1 is 1.13 bits per heavy atom. The lowest BCUT2D eigenvalue weighted by molar-refractivity contribution is -0.139. The minimum atomic E-state index is -4.64. The summed E-state index contributed by atoms with van der Waals surface area (Å²) in [5.41, 5.74) is 0.922. The van der Waals surface area contributed by atoms with Crippen LogP contribution in [-0.2, 0) is 19.8 Å². The molecule has 30 heavy (non-hydrogen) atoms. The molecule has 0 aliphatic carbocycles. The quantitative estimate of drug-likeness (QED) is 0.507. The van der Waals surface area contributed by atoms with Crippen LogP contribution in [0.1, 0.15) is 16.8 Å². The maximum atomic E-state index is 13.7. The van der Waals surface area contributed by atoms with Gasteiger partial charge in [0, 0.05) is 25.0 Å². The van der Waals surface area contributed by atoms with E-state index in [1.165, 1.54) is 29.2 Å². The number of ether oxygens (including phenoxy) is 1. The summed E-state index contributed by atoms with van der Waals surface area (Å²) in [6.45, 7) is -0.0333. The molecule has 0 amide bonds. The molecule has 4 aromatic rings. The first-order chi connectivity index (χ1) is 14.4. The van der Waals surface area contributed by atoms with E-state index in [0.717, 1.165) is 6.07 Å². The number of aryl methyl sites for hydroxylation is 1. The fraction of sp³-hybridized carbons (Fsp3) is 0.150. The van der Waals surface area contributed by atoms with Crippen LogP contribution in [0.5, 0.6) is 5.75 Å². The zero-order valence-corrected chi connectivity index (χ0v) is 15.6. The summed E-state index contributed by atoms with van der Waals surface area (Å²) in [6, 6.07) is 10.4. The molecular weight excluding hydrogens is 397 g/mol. The van der Waals surface area contributed by atoms with Crippen LogP contribution in [0.25, 0.3) is 22.3 Å². The third-order valence-corrected chi connectivity index (χ3v) is 4.43. The molecule has 0 bridgehead atoms. The van der Waals surface area contributed by atoms with Gasteiger partial charge in [0.2, 0.25) is 0 Å². The third kappa shape index (κ3) is 3.65. The SMILES string of the molecule is Cn1nnc2c(C#N)nc(-c3ccc(OCc4ccncc4)c(C(F)(F)F)c3)cc21. The molecule has 4 rings (SSSR count). The van der Waals surface area contributed by atoms with Crippen LogP contribution in [0.2, 0.25) is 0 Å². The van der Waals surface area contributed by atoms with Crippen molar-refractivity contribution in [2.45, 2.75) is 12.8 Å². The van der Waals surface area contributed by atoms with Crippen LogP contribution in [0.4, 0.5) is 13.2 Å². The predicted molar refractivity (Wildman–Crippen MR) is 100 cm³/mol. The molecular formula is C20H13F3N6O. The summed E-state index contributed by atoms with van der Waals surface area (Å²) in [6.07, 6.45) is -1.57. The van der Waals surface area contributed by atoms with Crippen LogP contribution >= 0.6 is 0 Å². The maximum Gasteiger partial charge on any atom is 0.419 e. The zero-order valence-electron chi connectivity index (χ0n) is 15.6. The van der Waals surface area contributed by atoms with E-state index in [4.69, 9.17) is 4.74 Å². The van der Waals surface area contributed by atoms with Gasteiger partial charge < -0.3 is 4.74 Å². The molecule has 0 spiro atoms. The highest BCUT2D eigenvalue weighted by atomic mass is 19.4. The Hall–Kier alpha value is -4.00. The number of hydrogen-bond acceptors (Lipinski definition) is 6. The zero-order chi connectivity index (χ0) is 21.3. The summed E-state index contributed by atoms with van der Waals surface area (Å²) < 4.78 is 47.9. The van der Waals surface area contributed by atoms with Gasteiger partial charge in [-0.05, 0) is 42.0 Å². The number of aromatic nitrogens is 5. The molecule has 1 aromatic carbocycles. The minimum Gasteiger partial charge on any atom is -0.488 e. The van der Waals surface area contributed by atoms with Crippen LogP contribution in [0, 0.1) is 11.3 Å². The highest BCUT2D eigenvalue weighted by molar-refractivity contribution is 5.83. The number of halogens is 3. The van der Waals surface area contributed by atoms with Crippen LogP contribution < -0.4 is 4.74 Å². The van der Waals surface area contributed by atoms with Crippen molar-refractivity contribution in [1.82, 2.24) is 25.0 Å². The monoisotopic (exact) mass is 410 g/mol. The number of alkyl halides is 3. The Labute approximate surface area is 168 Å². The fourth-order valence-electron chi connectivity index (χ4n) is 2.93. The van der Waals surface area contributed by atoms with E-state index in [2.05, 4.69) is 20.3 Å². The average molecular weight is 410 g/mol. The van der Waals surface area contributed by atoms with Crippen molar-refractivity contribution in [3.05, 3.63) is 65.6 Å². The molecule has 3 aromatic heterocycles. The van der Waals surface area contributed by atoms with E-state index < -0.39 is 11.7 Å². The van der Waals surface area contributed by atoms with Gasteiger partial charge in [-0.1, -0.05) is 5.21 Å². The summed E-state index contributed by atoms with van der Waals surface area (Å²) in [5, 5.41) is 17.0. The lowest BCUT2D eigenvalue weighted by Gasteiger charge is -2.15. The number of nitriles is 1. The van der Waals surface area contributed by atoms with Gasteiger partial charge in [-0.3, -0.25) is 4.98 Å². The molecule has 150 valence electrons. The predicted octanol–water partition coefficient (Wildman–Crippen LogP) is 3.89. The van der Waals surface area contributed by atoms with Gasteiger partial charge in [0.1, 0.15) is 23.9 Å². The van der Waals surface area contributed by atoms with Gasteiger partial charge in [0.15, 0.2) is 5.69 Å². The lowest BCUT2D eigenvalue weighted by atomic mass is 10.0. The van der Waals surface area contributed by atoms with Gasteiger partial charge in [-0.2, -0.15) is 18.4 Å². The maximum absolute atomic E-state index is 13.7. The summed E-state index contributed by atoms with van der Waals surface area (Å²) >= 11 is 0. The molecule has 0 radical (unpaired) electrons. The van der Waals surface area contributed by atoms with Crippen molar-refractivity contribution >= 4 is 11.0 Å². The highest BCUT2D eigenvalue weighted by Gasteiger charge is 2.35. The van der Waals surface area contributed by atoms with Crippen LogP contribution in [0.15, 0.2) is 48.8 Å². The lowest BCUT2D eigenvalue weighted by Crippen LogP contribution is -2.09. The minimum absolute atomic E-state index is 0.0119. The largest absolute Gasteiger partial charge is 0.488 e. The van der Waals surface area contributed by atoms with Gasteiger partial charge in [-0.15, -0.1) is 5.10 Å². The third-order valence-electron chi connectivity index (χ3n) is 4.43. The highest BCUT2D eigenvalue weighted by Crippen LogP contribution is 2.39. The smallest absolute Gasteiger partial charge is 0.419 e. The number of nitrogens with zero attached hydrogens (tertiary/aromatic N) is 6. The number of hydrogen-bond donors (Lipinski definition) is 0.